The second-order valence-electron chi connectivity index (χ2n) is 3.56. The van der Waals surface area contributed by atoms with Crippen LogP contribution >= 0.6 is 34.8 Å². The number of benzene rings is 1. The van der Waals surface area contributed by atoms with E-state index in [9.17, 15) is 0 Å². The molecule has 18 heavy (non-hydrogen) atoms. The Morgan fingerprint density at radius 1 is 1.28 bits per heavy atom. The van der Waals surface area contributed by atoms with Crippen LogP contribution in [0.5, 0.6) is 0 Å². The van der Waals surface area contributed by atoms with Gasteiger partial charge in [-0.1, -0.05) is 34.8 Å². The first-order valence-electron chi connectivity index (χ1n) is 4.98. The molecule has 0 saturated heterocycles. The van der Waals surface area contributed by atoms with Crippen molar-refractivity contribution in [3.05, 3.63) is 45.2 Å². The lowest BCUT2D eigenvalue weighted by Crippen LogP contribution is -1.92. The van der Waals surface area contributed by atoms with Gasteiger partial charge in [-0.3, -0.25) is 10.1 Å². The van der Waals surface area contributed by atoms with Crippen LogP contribution in [-0.4, -0.2) is 16.0 Å². The lowest BCUT2D eigenvalue weighted by atomic mass is 10.3. The Kier molecular flexibility index (Phi) is 4.11. The third-order valence-electron chi connectivity index (χ3n) is 2.12. The SMILES string of the molecule is Cn1cc(/C=N\Nc2c(Cl)cc(Cl)cc2Cl)cn1. The highest BCUT2D eigenvalue weighted by Crippen LogP contribution is 2.33. The van der Waals surface area contributed by atoms with Crippen LogP contribution in [0.2, 0.25) is 15.1 Å². The molecule has 2 aromatic rings. The molecule has 0 unspecified atom stereocenters. The molecule has 2 rings (SSSR count). The Balaban J connectivity index is 2.13. The van der Waals surface area contributed by atoms with Crippen LogP contribution in [0.4, 0.5) is 5.69 Å². The van der Waals surface area contributed by atoms with Crippen molar-refractivity contribution in [1.82, 2.24) is 9.78 Å². The minimum atomic E-state index is 0.413. The highest BCUT2D eigenvalue weighted by molar-refractivity contribution is 6.41. The average molecular weight is 304 g/mol. The maximum atomic E-state index is 6.00. The fraction of sp³-hybridized carbons (Fsp3) is 0.0909. The van der Waals surface area contributed by atoms with E-state index in [4.69, 9.17) is 34.8 Å². The summed E-state index contributed by atoms with van der Waals surface area (Å²) in [4.78, 5) is 0. The van der Waals surface area contributed by atoms with Crippen LogP contribution in [0.25, 0.3) is 0 Å². The van der Waals surface area contributed by atoms with Crippen LogP contribution in [-0.2, 0) is 7.05 Å². The molecular weight excluding hydrogens is 295 g/mol. The van der Waals surface area contributed by atoms with E-state index in [1.165, 1.54) is 0 Å². The van der Waals surface area contributed by atoms with E-state index in [0.717, 1.165) is 5.56 Å². The number of nitrogens with one attached hydrogen (secondary N) is 1. The number of rotatable bonds is 3. The first-order valence-corrected chi connectivity index (χ1v) is 6.12. The number of hydrogen-bond acceptors (Lipinski definition) is 3. The molecule has 1 heterocycles. The molecule has 0 aliphatic carbocycles. The van der Waals surface area contributed by atoms with Crippen molar-refractivity contribution in [1.29, 1.82) is 0 Å². The third-order valence-corrected chi connectivity index (χ3v) is 2.94. The van der Waals surface area contributed by atoms with Crippen LogP contribution in [0.3, 0.4) is 0 Å². The van der Waals surface area contributed by atoms with E-state index in [-0.39, 0.29) is 0 Å². The van der Waals surface area contributed by atoms with Gasteiger partial charge in [-0.15, -0.1) is 0 Å². The van der Waals surface area contributed by atoms with Crippen LogP contribution in [0.15, 0.2) is 29.6 Å². The monoisotopic (exact) mass is 302 g/mol. The minimum Gasteiger partial charge on any atom is -0.275 e. The van der Waals surface area contributed by atoms with Gasteiger partial charge >= 0.3 is 0 Å². The number of aryl methyl sites for hydroxylation is 1. The van der Waals surface area contributed by atoms with Crippen molar-refractivity contribution in [2.45, 2.75) is 0 Å². The summed E-state index contributed by atoms with van der Waals surface area (Å²) in [7, 11) is 1.83. The Hall–Kier alpha value is -1.23. The molecule has 4 nitrogen and oxygen atoms in total. The van der Waals surface area contributed by atoms with Gasteiger partial charge in [0.15, 0.2) is 0 Å². The van der Waals surface area contributed by atoms with Gasteiger partial charge in [0, 0.05) is 23.8 Å². The summed E-state index contributed by atoms with van der Waals surface area (Å²) in [6.45, 7) is 0. The van der Waals surface area contributed by atoms with E-state index < -0.39 is 0 Å². The molecule has 0 saturated carbocycles. The fourth-order valence-corrected chi connectivity index (χ4v) is 2.23. The molecule has 0 aliphatic rings. The van der Waals surface area contributed by atoms with Crippen molar-refractivity contribution in [2.24, 2.45) is 12.1 Å². The quantitative estimate of drug-likeness (QED) is 0.692. The maximum Gasteiger partial charge on any atom is 0.0935 e. The highest BCUT2D eigenvalue weighted by atomic mass is 35.5. The van der Waals surface area contributed by atoms with Crippen molar-refractivity contribution in [3.63, 3.8) is 0 Å². The van der Waals surface area contributed by atoms with Crippen molar-refractivity contribution < 1.29 is 0 Å². The summed E-state index contributed by atoms with van der Waals surface area (Å²) in [5.74, 6) is 0. The Morgan fingerprint density at radius 3 is 2.50 bits per heavy atom. The van der Waals surface area contributed by atoms with Gasteiger partial charge in [0.05, 0.1) is 28.1 Å². The zero-order chi connectivity index (χ0) is 13.1. The maximum absolute atomic E-state index is 6.00. The number of halogens is 3. The van der Waals surface area contributed by atoms with E-state index in [1.54, 1.807) is 29.2 Å². The van der Waals surface area contributed by atoms with Gasteiger partial charge in [-0.25, -0.2) is 0 Å². The molecule has 0 amide bonds. The average Bonchev–Trinajstić information content (AvgIpc) is 2.68. The Labute approximate surface area is 119 Å². The second kappa shape index (κ2) is 5.61. The summed E-state index contributed by atoms with van der Waals surface area (Å²) < 4.78 is 1.68. The van der Waals surface area contributed by atoms with E-state index in [1.807, 2.05) is 13.2 Å². The highest BCUT2D eigenvalue weighted by Gasteiger charge is 2.06. The van der Waals surface area contributed by atoms with Gasteiger partial charge in [0.2, 0.25) is 0 Å². The molecule has 0 atom stereocenters. The summed E-state index contributed by atoms with van der Waals surface area (Å²) in [5.41, 5.74) is 4.16. The topological polar surface area (TPSA) is 42.2 Å². The number of hydrazone groups is 1. The van der Waals surface area contributed by atoms with E-state index >= 15 is 0 Å². The molecule has 1 aromatic heterocycles. The lowest BCUT2D eigenvalue weighted by molar-refractivity contribution is 0.767. The first kappa shape index (κ1) is 13.2. The first-order chi connectivity index (χ1) is 8.56. The molecule has 0 aliphatic heterocycles. The number of hydrogen-bond donors (Lipinski definition) is 1. The third kappa shape index (κ3) is 3.16. The molecule has 0 radical (unpaired) electrons. The number of anilines is 1. The Morgan fingerprint density at radius 2 is 1.94 bits per heavy atom. The predicted molar refractivity (Wildman–Crippen MR) is 75.9 cm³/mol. The Bertz CT molecular complexity index is 569. The normalized spacial score (nSPS) is 11.1. The minimum absolute atomic E-state index is 0.413. The van der Waals surface area contributed by atoms with E-state index in [2.05, 4.69) is 15.6 Å². The largest absolute Gasteiger partial charge is 0.275 e. The molecule has 0 fully saturated rings. The predicted octanol–water partition coefficient (Wildman–Crippen LogP) is 3.83. The summed E-state index contributed by atoms with van der Waals surface area (Å²) in [6.07, 6.45) is 5.14. The summed E-state index contributed by atoms with van der Waals surface area (Å²) in [6, 6.07) is 3.19. The molecule has 1 N–H and O–H groups in total. The van der Waals surface area contributed by atoms with Gasteiger partial charge in [0.25, 0.3) is 0 Å². The molecule has 94 valence electrons. The van der Waals surface area contributed by atoms with Gasteiger partial charge < -0.3 is 0 Å². The van der Waals surface area contributed by atoms with Crippen molar-refractivity contribution >= 4 is 46.7 Å². The van der Waals surface area contributed by atoms with Crippen molar-refractivity contribution in [2.75, 3.05) is 5.43 Å². The molecule has 0 bridgehead atoms. The van der Waals surface area contributed by atoms with Gasteiger partial charge in [-0.2, -0.15) is 10.2 Å². The number of aromatic nitrogens is 2. The summed E-state index contributed by atoms with van der Waals surface area (Å²) in [5, 5.41) is 9.36. The van der Waals surface area contributed by atoms with Crippen molar-refractivity contribution in [3.8, 4) is 0 Å². The summed E-state index contributed by atoms with van der Waals surface area (Å²) >= 11 is 17.8. The van der Waals surface area contributed by atoms with E-state index in [0.29, 0.717) is 20.8 Å². The molecule has 7 heteroatoms. The number of nitrogens with zero attached hydrogens (tertiary/aromatic N) is 3. The van der Waals surface area contributed by atoms with Crippen LogP contribution in [0.1, 0.15) is 5.56 Å². The zero-order valence-corrected chi connectivity index (χ0v) is 11.6. The van der Waals surface area contributed by atoms with Gasteiger partial charge in [0.1, 0.15) is 0 Å². The smallest absolute Gasteiger partial charge is 0.0935 e. The fourth-order valence-electron chi connectivity index (χ4n) is 1.33. The molecule has 1 aromatic carbocycles. The second-order valence-corrected chi connectivity index (χ2v) is 4.81. The van der Waals surface area contributed by atoms with Crippen LogP contribution in [0, 0.1) is 0 Å². The standard InChI is InChI=1S/C11H9Cl3N4/c1-18-6-7(5-16-18)4-15-17-11-9(13)2-8(12)3-10(11)14/h2-6,17H,1H3/b15-4-. The van der Waals surface area contributed by atoms with Gasteiger partial charge in [-0.05, 0) is 12.1 Å². The molecular formula is C11H9Cl3N4. The van der Waals surface area contributed by atoms with Crippen LogP contribution < -0.4 is 5.43 Å². The molecule has 0 spiro atoms. The zero-order valence-electron chi connectivity index (χ0n) is 9.36. The lowest BCUT2D eigenvalue weighted by Gasteiger charge is -2.06.